The van der Waals surface area contributed by atoms with Gasteiger partial charge in [-0.3, -0.25) is 0 Å². The lowest BCUT2D eigenvalue weighted by Crippen LogP contribution is -2.03. The highest BCUT2D eigenvalue weighted by Crippen LogP contribution is 2.44. The molecule has 0 saturated carbocycles. The molecule has 0 aliphatic heterocycles. The molecule has 0 amide bonds. The van der Waals surface area contributed by atoms with Gasteiger partial charge in [-0.25, -0.2) is 9.67 Å². The van der Waals surface area contributed by atoms with Crippen molar-refractivity contribution in [2.75, 3.05) is 0 Å². The molecule has 12 rings (SSSR count). The van der Waals surface area contributed by atoms with E-state index in [1.54, 1.807) is 0 Å². The number of hydrogen-bond acceptors (Lipinski definition) is 3. The largest absolute Gasteiger partial charge is 0.307 e. The minimum Gasteiger partial charge on any atom is -0.307 e. The van der Waals surface area contributed by atoms with Gasteiger partial charge in [-0.1, -0.05) is 133 Å². The summed E-state index contributed by atoms with van der Waals surface area (Å²) in [6.45, 7) is 0. The van der Waals surface area contributed by atoms with Crippen LogP contribution in [-0.4, -0.2) is 23.9 Å². The third-order valence-electron chi connectivity index (χ3n) is 11.1. The van der Waals surface area contributed by atoms with Gasteiger partial charge in [0.2, 0.25) is 0 Å². The van der Waals surface area contributed by atoms with Gasteiger partial charge in [0, 0.05) is 52.8 Å². The van der Waals surface area contributed by atoms with E-state index in [4.69, 9.17) is 10.1 Å². The average molecular weight is 734 g/mol. The van der Waals surface area contributed by atoms with Crippen molar-refractivity contribution < 1.29 is 0 Å². The van der Waals surface area contributed by atoms with Gasteiger partial charge in [-0.15, -0.1) is 16.4 Å². The van der Waals surface area contributed by atoms with Crippen LogP contribution in [0.2, 0.25) is 0 Å². The first-order chi connectivity index (χ1) is 27.8. The lowest BCUT2D eigenvalue weighted by molar-refractivity contribution is 0.892. The number of para-hydroxylation sites is 4. The van der Waals surface area contributed by atoms with E-state index in [-0.39, 0.29) is 0 Å². The Morgan fingerprint density at radius 3 is 1.75 bits per heavy atom. The van der Waals surface area contributed by atoms with Crippen LogP contribution in [0.4, 0.5) is 0 Å². The quantitative estimate of drug-likeness (QED) is 0.177. The zero-order chi connectivity index (χ0) is 36.7. The summed E-state index contributed by atoms with van der Waals surface area (Å²) in [7, 11) is 0. The van der Waals surface area contributed by atoms with Crippen LogP contribution in [0.3, 0.4) is 0 Å². The van der Waals surface area contributed by atoms with E-state index >= 15 is 0 Å². The molecule has 262 valence electrons. The van der Waals surface area contributed by atoms with E-state index in [9.17, 15) is 0 Å². The standard InChI is InChI=1S/C50H31N5S/c1-3-15-32(16-4-1)49-51-50(33-17-5-2-6-18-33)55(52-49)34-27-29-42-39(31-34)35-19-7-10-22-40(35)53(42)43-24-12-13-25-44(43)54-41-23-11-8-21-38(41)47-45(54)30-28-37-36-20-9-14-26-46(36)56-48(37)47/h1-31H. The van der Waals surface area contributed by atoms with Crippen molar-refractivity contribution in [2.24, 2.45) is 0 Å². The molecule has 4 heterocycles. The van der Waals surface area contributed by atoms with Crippen LogP contribution in [0.15, 0.2) is 188 Å². The van der Waals surface area contributed by atoms with Gasteiger partial charge in [-0.2, -0.15) is 0 Å². The monoisotopic (exact) mass is 733 g/mol. The molecule has 4 aromatic heterocycles. The second-order valence-corrected chi connectivity index (χ2v) is 15.3. The Morgan fingerprint density at radius 1 is 0.411 bits per heavy atom. The van der Waals surface area contributed by atoms with Gasteiger partial charge in [-0.05, 0) is 54.6 Å². The number of nitrogens with zero attached hydrogens (tertiary/aromatic N) is 5. The number of hydrogen-bond donors (Lipinski definition) is 0. The molecule has 0 fully saturated rings. The van der Waals surface area contributed by atoms with Crippen LogP contribution in [0.25, 0.3) is 104 Å². The summed E-state index contributed by atoms with van der Waals surface area (Å²) in [4.78, 5) is 5.09. The molecule has 5 nitrogen and oxygen atoms in total. The summed E-state index contributed by atoms with van der Waals surface area (Å²) in [6.07, 6.45) is 0. The number of benzene rings is 8. The minimum atomic E-state index is 0.694. The Hall–Kier alpha value is -7.28. The van der Waals surface area contributed by atoms with E-state index in [1.807, 2.05) is 52.4 Å². The normalized spacial score (nSPS) is 11.9. The van der Waals surface area contributed by atoms with Gasteiger partial charge >= 0.3 is 0 Å². The molecule has 0 bridgehead atoms. The van der Waals surface area contributed by atoms with Gasteiger partial charge in [0.05, 0.1) is 39.1 Å². The van der Waals surface area contributed by atoms with Crippen molar-refractivity contribution in [3.8, 4) is 39.8 Å². The lowest BCUT2D eigenvalue weighted by Gasteiger charge is -2.16. The number of fused-ring (bicyclic) bond motifs is 10. The number of rotatable bonds is 5. The molecule has 0 radical (unpaired) electrons. The second kappa shape index (κ2) is 12.1. The van der Waals surface area contributed by atoms with Crippen molar-refractivity contribution in [1.82, 2.24) is 23.9 Å². The topological polar surface area (TPSA) is 40.6 Å². The minimum absolute atomic E-state index is 0.694. The molecule has 56 heavy (non-hydrogen) atoms. The number of thiophene rings is 1. The highest BCUT2D eigenvalue weighted by atomic mass is 32.1. The molecular formula is C50H31N5S. The highest BCUT2D eigenvalue weighted by molar-refractivity contribution is 7.26. The fraction of sp³-hybridized carbons (Fsp3) is 0. The van der Waals surface area contributed by atoms with Crippen molar-refractivity contribution in [3.63, 3.8) is 0 Å². The molecule has 0 aliphatic rings. The summed E-state index contributed by atoms with van der Waals surface area (Å²) in [6, 6.07) is 67.0. The summed E-state index contributed by atoms with van der Waals surface area (Å²) in [5, 5.41) is 12.6. The maximum atomic E-state index is 5.12. The van der Waals surface area contributed by atoms with Crippen molar-refractivity contribution in [1.29, 1.82) is 0 Å². The Bertz CT molecular complexity index is 3480. The van der Waals surface area contributed by atoms with Crippen LogP contribution in [0.1, 0.15) is 0 Å². The Morgan fingerprint density at radius 2 is 0.982 bits per heavy atom. The van der Waals surface area contributed by atoms with E-state index in [0.29, 0.717) is 5.82 Å². The Kier molecular flexibility index (Phi) is 6.73. The van der Waals surface area contributed by atoms with Crippen LogP contribution in [0.5, 0.6) is 0 Å². The average Bonchev–Trinajstić information content (AvgIpc) is 4.04. The molecule has 12 aromatic rings. The summed E-state index contributed by atoms with van der Waals surface area (Å²) in [5.74, 6) is 1.50. The number of aromatic nitrogens is 5. The van der Waals surface area contributed by atoms with Gasteiger partial charge < -0.3 is 9.13 Å². The fourth-order valence-electron chi connectivity index (χ4n) is 8.66. The van der Waals surface area contributed by atoms with Gasteiger partial charge in [0.15, 0.2) is 11.6 Å². The maximum absolute atomic E-state index is 5.12. The maximum Gasteiger partial charge on any atom is 0.182 e. The van der Waals surface area contributed by atoms with Gasteiger partial charge in [0.1, 0.15) is 0 Å². The second-order valence-electron chi connectivity index (χ2n) is 14.2. The Balaban J connectivity index is 1.10. The van der Waals surface area contributed by atoms with Crippen molar-refractivity contribution in [2.45, 2.75) is 0 Å². The smallest absolute Gasteiger partial charge is 0.182 e. The zero-order valence-corrected chi connectivity index (χ0v) is 30.9. The highest BCUT2D eigenvalue weighted by Gasteiger charge is 2.22. The fourth-order valence-corrected chi connectivity index (χ4v) is 9.92. The molecular weight excluding hydrogens is 703 g/mol. The summed E-state index contributed by atoms with van der Waals surface area (Å²) >= 11 is 1.89. The van der Waals surface area contributed by atoms with E-state index in [0.717, 1.165) is 50.4 Å². The first-order valence-corrected chi connectivity index (χ1v) is 19.7. The van der Waals surface area contributed by atoms with Crippen molar-refractivity contribution >= 4 is 75.1 Å². The molecule has 0 unspecified atom stereocenters. The predicted molar refractivity (Wildman–Crippen MR) is 234 cm³/mol. The van der Waals surface area contributed by atoms with Crippen LogP contribution < -0.4 is 0 Å². The molecule has 0 spiro atoms. The van der Waals surface area contributed by atoms with Crippen molar-refractivity contribution in [3.05, 3.63) is 188 Å². The third-order valence-corrected chi connectivity index (χ3v) is 12.3. The summed E-state index contributed by atoms with van der Waals surface area (Å²) < 4.78 is 9.53. The predicted octanol–water partition coefficient (Wildman–Crippen LogP) is 13.2. The first kappa shape index (κ1) is 31.1. The van der Waals surface area contributed by atoms with Gasteiger partial charge in [0.25, 0.3) is 0 Å². The zero-order valence-electron chi connectivity index (χ0n) is 30.0. The lowest BCUT2D eigenvalue weighted by atomic mass is 10.1. The van der Waals surface area contributed by atoms with E-state index in [2.05, 4.69) is 161 Å². The van der Waals surface area contributed by atoms with Crippen LogP contribution in [-0.2, 0) is 0 Å². The molecule has 0 aliphatic carbocycles. The van der Waals surface area contributed by atoms with E-state index < -0.39 is 0 Å². The van der Waals surface area contributed by atoms with Crippen LogP contribution >= 0.6 is 11.3 Å². The molecule has 8 aromatic carbocycles. The summed E-state index contributed by atoms with van der Waals surface area (Å²) in [5.41, 5.74) is 9.85. The first-order valence-electron chi connectivity index (χ1n) is 18.8. The third kappa shape index (κ3) is 4.54. The molecule has 6 heteroatoms. The Labute approximate surface area is 325 Å². The molecule has 0 atom stereocenters. The van der Waals surface area contributed by atoms with E-state index in [1.165, 1.54) is 47.4 Å². The SMILES string of the molecule is c1ccc(-c2nc(-c3ccccc3)n(-c3ccc4c(c3)c3ccccc3n4-c3ccccc3-n3c4ccccc4c4c5sc6ccccc6c5ccc43)n2)cc1. The molecule has 0 saturated heterocycles. The van der Waals surface area contributed by atoms with Crippen LogP contribution in [0, 0.1) is 0 Å². The molecule has 0 N–H and O–H groups in total.